The van der Waals surface area contributed by atoms with Crippen LogP contribution in [0.5, 0.6) is 0 Å². The number of sulfonamides is 1. The van der Waals surface area contributed by atoms with Crippen LogP contribution in [-0.4, -0.2) is 65.7 Å². The van der Waals surface area contributed by atoms with Crippen molar-refractivity contribution in [1.29, 1.82) is 0 Å². The van der Waals surface area contributed by atoms with Gasteiger partial charge in [-0.1, -0.05) is 6.08 Å². The summed E-state index contributed by atoms with van der Waals surface area (Å²) in [6.07, 6.45) is 5.00. The van der Waals surface area contributed by atoms with Crippen LogP contribution in [-0.2, 0) is 14.8 Å². The second-order valence-corrected chi connectivity index (χ2v) is 12.2. The molecule has 0 atom stereocenters. The molecule has 9 heteroatoms. The first kappa shape index (κ1) is 22.2. The van der Waals surface area contributed by atoms with Crippen LogP contribution in [0.25, 0.3) is 15.8 Å². The standard InChI is InChI=1S/C22H29N3O4S2/c1-22(2,3)29-21(26)24-11-8-17(9-12-24)31(27,28)25-13-6-16(7-14-25)18-15-30-19-5-4-10-23-20(18)19/h4-6,10,15,17H,7-9,11-14H2,1-3H3. The van der Waals surface area contributed by atoms with E-state index in [0.717, 1.165) is 21.4 Å². The van der Waals surface area contributed by atoms with Crippen LogP contribution < -0.4 is 0 Å². The zero-order chi connectivity index (χ0) is 22.2. The number of amides is 1. The molecule has 4 heterocycles. The molecule has 0 N–H and O–H groups in total. The number of rotatable bonds is 3. The lowest BCUT2D eigenvalue weighted by Crippen LogP contribution is -2.48. The molecule has 168 valence electrons. The summed E-state index contributed by atoms with van der Waals surface area (Å²) in [5.41, 5.74) is 2.71. The van der Waals surface area contributed by atoms with E-state index in [2.05, 4.69) is 16.4 Å². The number of pyridine rings is 1. The molecule has 2 aliphatic rings. The molecule has 0 spiro atoms. The molecule has 7 nitrogen and oxygen atoms in total. The first-order valence-electron chi connectivity index (χ1n) is 10.6. The van der Waals surface area contributed by atoms with Gasteiger partial charge in [0.15, 0.2) is 0 Å². The third-order valence-corrected chi connectivity index (χ3v) is 9.02. The van der Waals surface area contributed by atoms with Gasteiger partial charge >= 0.3 is 6.09 Å². The Kier molecular flexibility index (Phi) is 6.11. The number of hydrogen-bond donors (Lipinski definition) is 0. The SMILES string of the molecule is CC(C)(C)OC(=O)N1CCC(S(=O)(=O)N2CC=C(c3csc4cccnc34)CC2)CC1. The first-order valence-corrected chi connectivity index (χ1v) is 13.0. The van der Waals surface area contributed by atoms with E-state index in [-0.39, 0.29) is 6.09 Å². The van der Waals surface area contributed by atoms with Crippen LogP contribution >= 0.6 is 11.3 Å². The summed E-state index contributed by atoms with van der Waals surface area (Å²) < 4.78 is 34.5. The Bertz CT molecular complexity index is 1090. The highest BCUT2D eigenvalue weighted by molar-refractivity contribution is 7.89. The summed E-state index contributed by atoms with van der Waals surface area (Å²) in [6.45, 7) is 7.15. The number of likely N-dealkylation sites (tertiary alicyclic amines) is 1. The quantitative estimate of drug-likeness (QED) is 0.684. The van der Waals surface area contributed by atoms with Gasteiger partial charge in [0.05, 0.1) is 15.5 Å². The number of piperidine rings is 1. The van der Waals surface area contributed by atoms with Gasteiger partial charge in [-0.25, -0.2) is 13.2 Å². The molecule has 0 bridgehead atoms. The van der Waals surface area contributed by atoms with Gasteiger partial charge in [-0.3, -0.25) is 4.98 Å². The van der Waals surface area contributed by atoms with Crippen LogP contribution in [0, 0.1) is 0 Å². The number of nitrogens with zero attached hydrogens (tertiary/aromatic N) is 3. The highest BCUT2D eigenvalue weighted by Gasteiger charge is 2.37. The van der Waals surface area contributed by atoms with E-state index in [1.807, 2.05) is 32.9 Å². The summed E-state index contributed by atoms with van der Waals surface area (Å²) in [5.74, 6) is 0. The summed E-state index contributed by atoms with van der Waals surface area (Å²) in [5, 5.41) is 1.66. The van der Waals surface area contributed by atoms with Crippen LogP contribution in [0.2, 0.25) is 0 Å². The van der Waals surface area contributed by atoms with E-state index in [1.54, 1.807) is 26.7 Å². The van der Waals surface area contributed by atoms with Gasteiger partial charge < -0.3 is 9.64 Å². The van der Waals surface area contributed by atoms with Gasteiger partial charge in [0.25, 0.3) is 0 Å². The van der Waals surface area contributed by atoms with E-state index < -0.39 is 20.9 Å². The Hall–Kier alpha value is -1.97. The maximum absolute atomic E-state index is 13.2. The van der Waals surface area contributed by atoms with Crippen molar-refractivity contribution in [2.45, 2.75) is 50.9 Å². The summed E-state index contributed by atoms with van der Waals surface area (Å²) in [7, 11) is -3.41. The van der Waals surface area contributed by atoms with Gasteiger partial charge in [-0.05, 0) is 57.7 Å². The molecule has 1 amide bonds. The van der Waals surface area contributed by atoms with Crippen molar-refractivity contribution in [3.63, 3.8) is 0 Å². The van der Waals surface area contributed by atoms with Gasteiger partial charge in [-0.2, -0.15) is 4.31 Å². The molecule has 0 aliphatic carbocycles. The Morgan fingerprint density at radius 2 is 1.97 bits per heavy atom. The monoisotopic (exact) mass is 463 g/mol. The number of carbonyl (C=O) groups is 1. The Morgan fingerprint density at radius 3 is 2.61 bits per heavy atom. The highest BCUT2D eigenvalue weighted by atomic mass is 32.2. The molecule has 1 saturated heterocycles. The lowest BCUT2D eigenvalue weighted by molar-refractivity contribution is 0.0216. The molecule has 0 unspecified atom stereocenters. The maximum Gasteiger partial charge on any atom is 0.410 e. The average molecular weight is 464 g/mol. The topological polar surface area (TPSA) is 79.8 Å². The van der Waals surface area contributed by atoms with Gasteiger partial charge in [0.2, 0.25) is 10.0 Å². The van der Waals surface area contributed by atoms with Gasteiger partial charge in [0.1, 0.15) is 5.60 Å². The van der Waals surface area contributed by atoms with Crippen LogP contribution in [0.15, 0.2) is 29.8 Å². The lowest BCUT2D eigenvalue weighted by atomic mass is 10.0. The van der Waals surface area contributed by atoms with E-state index in [9.17, 15) is 13.2 Å². The van der Waals surface area contributed by atoms with Crippen LogP contribution in [0.4, 0.5) is 4.79 Å². The molecule has 2 aliphatic heterocycles. The highest BCUT2D eigenvalue weighted by Crippen LogP contribution is 2.33. The second-order valence-electron chi connectivity index (χ2n) is 9.05. The fourth-order valence-corrected chi connectivity index (χ4v) is 6.89. The predicted octanol–water partition coefficient (Wildman–Crippen LogP) is 4.11. The van der Waals surface area contributed by atoms with E-state index in [1.165, 1.54) is 0 Å². The Morgan fingerprint density at radius 1 is 1.23 bits per heavy atom. The van der Waals surface area contributed by atoms with Crippen molar-refractivity contribution in [3.05, 3.63) is 35.3 Å². The summed E-state index contributed by atoms with van der Waals surface area (Å²) >= 11 is 1.66. The Labute approximate surface area is 187 Å². The molecule has 2 aromatic heterocycles. The fourth-order valence-electron chi connectivity index (χ4n) is 4.09. The van der Waals surface area contributed by atoms with E-state index in [4.69, 9.17) is 4.74 Å². The molecule has 2 aromatic rings. The smallest absolute Gasteiger partial charge is 0.410 e. The van der Waals surface area contributed by atoms with E-state index in [0.29, 0.717) is 45.4 Å². The van der Waals surface area contributed by atoms with Crippen molar-refractivity contribution >= 4 is 43.2 Å². The minimum Gasteiger partial charge on any atom is -0.444 e. The number of ether oxygens (including phenoxy) is 1. The second kappa shape index (κ2) is 8.52. The molecule has 0 radical (unpaired) electrons. The number of fused-ring (bicyclic) bond motifs is 1. The summed E-state index contributed by atoms with van der Waals surface area (Å²) in [4.78, 5) is 18.4. The molecule has 0 aromatic carbocycles. The van der Waals surface area contributed by atoms with Crippen LogP contribution in [0.3, 0.4) is 0 Å². The van der Waals surface area contributed by atoms with Crippen molar-refractivity contribution in [2.24, 2.45) is 0 Å². The number of aromatic nitrogens is 1. The third kappa shape index (κ3) is 4.78. The number of thiophene rings is 1. The van der Waals surface area contributed by atoms with Gasteiger partial charge in [-0.15, -0.1) is 11.3 Å². The number of hydrogen-bond acceptors (Lipinski definition) is 6. The molecular formula is C22H29N3O4S2. The summed E-state index contributed by atoms with van der Waals surface area (Å²) in [6, 6.07) is 3.99. The van der Waals surface area contributed by atoms with Gasteiger partial charge in [0, 0.05) is 43.3 Å². The normalized spacial score (nSPS) is 19.5. The molecule has 0 saturated carbocycles. The van der Waals surface area contributed by atoms with E-state index >= 15 is 0 Å². The molecule has 4 rings (SSSR count). The minimum absolute atomic E-state index is 0.370. The Balaban J connectivity index is 1.39. The maximum atomic E-state index is 13.2. The molecule has 1 fully saturated rings. The minimum atomic E-state index is -3.41. The third-order valence-electron chi connectivity index (χ3n) is 5.72. The predicted molar refractivity (Wildman–Crippen MR) is 124 cm³/mol. The van der Waals surface area contributed by atoms with Crippen molar-refractivity contribution < 1.29 is 17.9 Å². The van der Waals surface area contributed by atoms with Crippen molar-refractivity contribution in [2.75, 3.05) is 26.2 Å². The van der Waals surface area contributed by atoms with Crippen molar-refractivity contribution in [1.82, 2.24) is 14.2 Å². The zero-order valence-electron chi connectivity index (χ0n) is 18.2. The lowest BCUT2D eigenvalue weighted by Gasteiger charge is -2.36. The fraction of sp³-hybridized carbons (Fsp3) is 0.545. The zero-order valence-corrected chi connectivity index (χ0v) is 19.8. The average Bonchev–Trinajstić information content (AvgIpc) is 3.17. The van der Waals surface area contributed by atoms with Crippen molar-refractivity contribution in [3.8, 4) is 0 Å². The van der Waals surface area contributed by atoms with Crippen LogP contribution in [0.1, 0.15) is 45.6 Å². The largest absolute Gasteiger partial charge is 0.444 e. The number of carbonyl (C=O) groups excluding carboxylic acids is 1. The first-order chi connectivity index (χ1) is 14.6. The molecule has 31 heavy (non-hydrogen) atoms. The molecular weight excluding hydrogens is 434 g/mol.